The van der Waals surface area contributed by atoms with Gasteiger partial charge in [-0.2, -0.15) is 0 Å². The molecule has 0 aliphatic carbocycles. The fourth-order valence-electron chi connectivity index (χ4n) is 3.07. The second-order valence-electron chi connectivity index (χ2n) is 5.63. The van der Waals surface area contributed by atoms with Crippen LogP contribution in [-0.4, -0.2) is 25.7 Å². The molecule has 2 atom stereocenters. The molecule has 2 rings (SSSR count). The van der Waals surface area contributed by atoms with Gasteiger partial charge in [0.15, 0.2) is 0 Å². The zero-order valence-electron chi connectivity index (χ0n) is 12.9. The van der Waals surface area contributed by atoms with E-state index in [1.165, 1.54) is 5.56 Å². The Hall–Kier alpha value is -1.55. The molecule has 1 aromatic carbocycles. The first-order chi connectivity index (χ1) is 10.2. The number of esters is 1. The standard InChI is InChI=1S/C17H25NO3/c1-3-17(12-18,16(19)20-4-2)11-13-9-10-21-15-8-6-5-7-14(13)15/h5-8,13H,3-4,9-12,18H2,1-2H3. The fraction of sp³-hybridized carbons (Fsp3) is 0.588. The van der Waals surface area contributed by atoms with Gasteiger partial charge in [-0.1, -0.05) is 25.1 Å². The number of nitrogens with two attached hydrogens (primary N) is 1. The maximum absolute atomic E-state index is 12.4. The Bertz CT molecular complexity index is 483. The van der Waals surface area contributed by atoms with Crippen molar-refractivity contribution in [3.8, 4) is 5.75 Å². The number of rotatable bonds is 6. The van der Waals surface area contributed by atoms with Crippen LogP contribution in [0.1, 0.15) is 44.6 Å². The molecule has 4 heteroatoms. The highest BCUT2D eigenvalue weighted by molar-refractivity contribution is 5.77. The maximum atomic E-state index is 12.4. The molecule has 116 valence electrons. The Kier molecular flexibility index (Phi) is 5.23. The summed E-state index contributed by atoms with van der Waals surface area (Å²) in [6.07, 6.45) is 2.33. The van der Waals surface area contributed by atoms with Crippen molar-refractivity contribution < 1.29 is 14.3 Å². The largest absolute Gasteiger partial charge is 0.493 e. The average Bonchev–Trinajstić information content (AvgIpc) is 2.53. The van der Waals surface area contributed by atoms with E-state index in [0.717, 1.165) is 18.6 Å². The Morgan fingerprint density at radius 3 is 2.86 bits per heavy atom. The van der Waals surface area contributed by atoms with Crippen molar-refractivity contribution in [2.24, 2.45) is 11.1 Å². The topological polar surface area (TPSA) is 61.5 Å². The monoisotopic (exact) mass is 291 g/mol. The van der Waals surface area contributed by atoms with Crippen LogP contribution in [0.15, 0.2) is 24.3 Å². The van der Waals surface area contributed by atoms with Crippen LogP contribution in [0.3, 0.4) is 0 Å². The molecule has 1 heterocycles. The molecule has 1 aliphatic rings. The van der Waals surface area contributed by atoms with Crippen LogP contribution < -0.4 is 10.5 Å². The lowest BCUT2D eigenvalue weighted by Gasteiger charge is -2.35. The Morgan fingerprint density at radius 1 is 1.43 bits per heavy atom. The molecular formula is C17H25NO3. The molecule has 0 bridgehead atoms. The van der Waals surface area contributed by atoms with Gasteiger partial charge in [-0.15, -0.1) is 0 Å². The summed E-state index contributed by atoms with van der Waals surface area (Å²) in [4.78, 5) is 12.4. The van der Waals surface area contributed by atoms with E-state index >= 15 is 0 Å². The van der Waals surface area contributed by atoms with Gasteiger partial charge in [-0.05, 0) is 43.7 Å². The Labute approximate surface area is 126 Å². The third-order valence-electron chi connectivity index (χ3n) is 4.50. The number of ether oxygens (including phenoxy) is 2. The average molecular weight is 291 g/mol. The normalized spacial score (nSPS) is 20.0. The quantitative estimate of drug-likeness (QED) is 0.819. The van der Waals surface area contributed by atoms with Gasteiger partial charge in [-0.25, -0.2) is 0 Å². The summed E-state index contributed by atoms with van der Waals surface area (Å²) in [6, 6.07) is 8.06. The highest BCUT2D eigenvalue weighted by Crippen LogP contribution is 2.42. The lowest BCUT2D eigenvalue weighted by Crippen LogP contribution is -2.41. The fourth-order valence-corrected chi connectivity index (χ4v) is 3.07. The molecule has 4 nitrogen and oxygen atoms in total. The van der Waals surface area contributed by atoms with E-state index in [1.54, 1.807) is 0 Å². The summed E-state index contributed by atoms with van der Waals surface area (Å²) in [5, 5.41) is 0. The second kappa shape index (κ2) is 6.94. The molecule has 0 aromatic heterocycles. The van der Waals surface area contributed by atoms with Crippen LogP contribution in [0.2, 0.25) is 0 Å². The van der Waals surface area contributed by atoms with Crippen LogP contribution in [0.25, 0.3) is 0 Å². The number of benzene rings is 1. The number of carbonyl (C=O) groups is 1. The minimum Gasteiger partial charge on any atom is -0.493 e. The number of carbonyl (C=O) groups excluding carboxylic acids is 1. The van der Waals surface area contributed by atoms with E-state index in [2.05, 4.69) is 6.07 Å². The lowest BCUT2D eigenvalue weighted by atomic mass is 9.73. The second-order valence-corrected chi connectivity index (χ2v) is 5.63. The molecule has 2 N–H and O–H groups in total. The summed E-state index contributed by atoms with van der Waals surface area (Å²) >= 11 is 0. The van der Waals surface area contributed by atoms with Crippen molar-refractivity contribution in [3.63, 3.8) is 0 Å². The van der Waals surface area contributed by atoms with Crippen LogP contribution in [0.4, 0.5) is 0 Å². The molecule has 21 heavy (non-hydrogen) atoms. The van der Waals surface area contributed by atoms with Gasteiger partial charge in [0.2, 0.25) is 0 Å². The van der Waals surface area contributed by atoms with Crippen molar-refractivity contribution in [3.05, 3.63) is 29.8 Å². The molecule has 0 saturated carbocycles. The molecule has 0 radical (unpaired) electrons. The van der Waals surface area contributed by atoms with E-state index in [-0.39, 0.29) is 5.97 Å². The van der Waals surface area contributed by atoms with Gasteiger partial charge in [0.05, 0.1) is 18.6 Å². The van der Waals surface area contributed by atoms with Crippen molar-refractivity contribution in [1.29, 1.82) is 0 Å². The van der Waals surface area contributed by atoms with Crippen molar-refractivity contribution >= 4 is 5.97 Å². The van der Waals surface area contributed by atoms with E-state index in [9.17, 15) is 4.79 Å². The molecule has 0 saturated heterocycles. The Morgan fingerprint density at radius 2 is 2.19 bits per heavy atom. The summed E-state index contributed by atoms with van der Waals surface area (Å²) in [5.74, 6) is 1.06. The minimum absolute atomic E-state index is 0.168. The maximum Gasteiger partial charge on any atom is 0.313 e. The third-order valence-corrected chi connectivity index (χ3v) is 4.50. The lowest BCUT2D eigenvalue weighted by molar-refractivity contribution is -0.156. The van der Waals surface area contributed by atoms with Gasteiger partial charge in [0, 0.05) is 6.54 Å². The van der Waals surface area contributed by atoms with Gasteiger partial charge < -0.3 is 15.2 Å². The number of hydrogen-bond donors (Lipinski definition) is 1. The molecule has 2 unspecified atom stereocenters. The summed E-state index contributed by atoms with van der Waals surface area (Å²) < 4.78 is 11.0. The number of hydrogen-bond acceptors (Lipinski definition) is 4. The molecule has 1 aliphatic heterocycles. The van der Waals surface area contributed by atoms with Crippen LogP contribution >= 0.6 is 0 Å². The molecule has 0 spiro atoms. The van der Waals surface area contributed by atoms with Crippen LogP contribution in [-0.2, 0) is 9.53 Å². The van der Waals surface area contributed by atoms with E-state index in [0.29, 0.717) is 32.1 Å². The van der Waals surface area contributed by atoms with E-state index in [1.807, 2.05) is 32.0 Å². The van der Waals surface area contributed by atoms with Gasteiger partial charge >= 0.3 is 5.97 Å². The summed E-state index contributed by atoms with van der Waals surface area (Å²) in [6.45, 7) is 5.25. The van der Waals surface area contributed by atoms with Crippen molar-refractivity contribution in [2.75, 3.05) is 19.8 Å². The minimum atomic E-state index is -0.592. The van der Waals surface area contributed by atoms with Crippen molar-refractivity contribution in [1.82, 2.24) is 0 Å². The first kappa shape index (κ1) is 15.8. The zero-order valence-corrected chi connectivity index (χ0v) is 12.9. The zero-order chi connectivity index (χ0) is 15.3. The van der Waals surface area contributed by atoms with E-state index in [4.69, 9.17) is 15.2 Å². The van der Waals surface area contributed by atoms with Gasteiger partial charge in [0.25, 0.3) is 0 Å². The van der Waals surface area contributed by atoms with E-state index < -0.39 is 5.41 Å². The molecule has 1 aromatic rings. The predicted octanol–water partition coefficient (Wildman–Crippen LogP) is 2.86. The highest BCUT2D eigenvalue weighted by Gasteiger charge is 2.40. The molecule has 0 fully saturated rings. The number of para-hydroxylation sites is 1. The van der Waals surface area contributed by atoms with Crippen LogP contribution in [0.5, 0.6) is 5.75 Å². The van der Waals surface area contributed by atoms with Gasteiger partial charge in [-0.3, -0.25) is 4.79 Å². The number of fused-ring (bicyclic) bond motifs is 1. The first-order valence-electron chi connectivity index (χ1n) is 7.76. The summed E-state index contributed by atoms with van der Waals surface area (Å²) in [5.41, 5.74) is 6.54. The Balaban J connectivity index is 2.24. The summed E-state index contributed by atoms with van der Waals surface area (Å²) in [7, 11) is 0. The molecular weight excluding hydrogens is 266 g/mol. The predicted molar refractivity (Wildman–Crippen MR) is 82.3 cm³/mol. The van der Waals surface area contributed by atoms with Crippen LogP contribution in [0, 0.1) is 5.41 Å². The van der Waals surface area contributed by atoms with Gasteiger partial charge in [0.1, 0.15) is 5.75 Å². The third kappa shape index (κ3) is 3.21. The highest BCUT2D eigenvalue weighted by atomic mass is 16.5. The smallest absolute Gasteiger partial charge is 0.313 e. The van der Waals surface area contributed by atoms with Crippen molar-refractivity contribution in [2.45, 2.75) is 39.0 Å². The first-order valence-corrected chi connectivity index (χ1v) is 7.76. The SMILES string of the molecule is CCOC(=O)C(CC)(CN)CC1CCOc2ccccc21. The molecule has 0 amide bonds.